The van der Waals surface area contributed by atoms with Crippen molar-refractivity contribution < 1.29 is 9.53 Å². The van der Waals surface area contributed by atoms with Crippen LogP contribution >= 0.6 is 27.5 Å². The van der Waals surface area contributed by atoms with Crippen molar-refractivity contribution in [3.05, 3.63) is 57.5 Å². The standard InChI is InChI=1S/C16H15BrClNO2/c1-10(2)21-13-5-3-4-11(8-13)16(20)19-12-6-7-15(18)14(17)9-12/h3-10H,1-2H3,(H,19,20). The van der Waals surface area contributed by atoms with E-state index in [9.17, 15) is 4.79 Å². The van der Waals surface area contributed by atoms with E-state index in [-0.39, 0.29) is 12.0 Å². The predicted octanol–water partition coefficient (Wildman–Crippen LogP) is 5.14. The van der Waals surface area contributed by atoms with Gasteiger partial charge in [-0.25, -0.2) is 0 Å². The van der Waals surface area contributed by atoms with Crippen molar-refractivity contribution in [2.75, 3.05) is 5.32 Å². The van der Waals surface area contributed by atoms with Crippen molar-refractivity contribution in [3.63, 3.8) is 0 Å². The van der Waals surface area contributed by atoms with Gasteiger partial charge in [-0.15, -0.1) is 0 Å². The number of amides is 1. The minimum Gasteiger partial charge on any atom is -0.491 e. The predicted molar refractivity (Wildman–Crippen MR) is 89.3 cm³/mol. The monoisotopic (exact) mass is 367 g/mol. The van der Waals surface area contributed by atoms with Gasteiger partial charge in [0.2, 0.25) is 0 Å². The van der Waals surface area contributed by atoms with Crippen LogP contribution in [0.2, 0.25) is 5.02 Å². The average Bonchev–Trinajstić information content (AvgIpc) is 2.42. The molecule has 0 aromatic heterocycles. The Morgan fingerprint density at radius 2 is 2.00 bits per heavy atom. The lowest BCUT2D eigenvalue weighted by Gasteiger charge is -2.11. The number of nitrogens with one attached hydrogen (secondary N) is 1. The smallest absolute Gasteiger partial charge is 0.255 e. The lowest BCUT2D eigenvalue weighted by Crippen LogP contribution is -2.12. The highest BCUT2D eigenvalue weighted by Crippen LogP contribution is 2.26. The van der Waals surface area contributed by atoms with Crippen molar-refractivity contribution in [1.29, 1.82) is 0 Å². The fourth-order valence-electron chi connectivity index (χ4n) is 1.76. The molecule has 110 valence electrons. The Kier molecular flexibility index (Phi) is 5.26. The molecule has 5 heteroatoms. The van der Waals surface area contributed by atoms with E-state index in [1.807, 2.05) is 19.9 Å². The molecule has 2 aromatic rings. The molecule has 0 saturated heterocycles. The highest BCUT2D eigenvalue weighted by molar-refractivity contribution is 9.10. The van der Waals surface area contributed by atoms with Gasteiger partial charge in [-0.3, -0.25) is 4.79 Å². The Morgan fingerprint density at radius 1 is 1.24 bits per heavy atom. The summed E-state index contributed by atoms with van der Waals surface area (Å²) in [4.78, 5) is 12.2. The molecule has 2 aromatic carbocycles. The number of rotatable bonds is 4. The quantitative estimate of drug-likeness (QED) is 0.811. The minimum atomic E-state index is -0.196. The summed E-state index contributed by atoms with van der Waals surface area (Å²) < 4.78 is 6.32. The van der Waals surface area contributed by atoms with Crippen LogP contribution in [0.4, 0.5) is 5.69 Å². The first-order valence-electron chi connectivity index (χ1n) is 6.49. The fourth-order valence-corrected chi connectivity index (χ4v) is 2.26. The Labute approximate surface area is 137 Å². The van der Waals surface area contributed by atoms with E-state index in [1.165, 1.54) is 0 Å². The molecule has 0 aliphatic rings. The molecule has 21 heavy (non-hydrogen) atoms. The second-order valence-corrected chi connectivity index (χ2v) is 6.04. The molecule has 2 rings (SSSR count). The third-order valence-corrected chi connectivity index (χ3v) is 3.86. The van der Waals surface area contributed by atoms with Crippen molar-refractivity contribution in [1.82, 2.24) is 0 Å². The molecular weight excluding hydrogens is 354 g/mol. The molecule has 1 amide bonds. The third kappa shape index (κ3) is 4.48. The summed E-state index contributed by atoms with van der Waals surface area (Å²) in [6.07, 6.45) is 0.0653. The van der Waals surface area contributed by atoms with Gasteiger partial charge in [-0.2, -0.15) is 0 Å². The van der Waals surface area contributed by atoms with Gasteiger partial charge >= 0.3 is 0 Å². The molecular formula is C16H15BrClNO2. The summed E-state index contributed by atoms with van der Waals surface area (Å²) in [6.45, 7) is 3.88. The largest absolute Gasteiger partial charge is 0.491 e. The van der Waals surface area contributed by atoms with E-state index in [4.69, 9.17) is 16.3 Å². The van der Waals surface area contributed by atoms with Crippen LogP contribution in [0.5, 0.6) is 5.75 Å². The highest BCUT2D eigenvalue weighted by atomic mass is 79.9. The summed E-state index contributed by atoms with van der Waals surface area (Å²) in [7, 11) is 0. The summed E-state index contributed by atoms with van der Waals surface area (Å²) in [6, 6.07) is 12.3. The Hall–Kier alpha value is -1.52. The molecule has 0 aliphatic carbocycles. The number of halogens is 2. The summed E-state index contributed by atoms with van der Waals surface area (Å²) in [5.41, 5.74) is 1.21. The first-order chi connectivity index (χ1) is 9.95. The van der Waals surface area contributed by atoms with Gasteiger partial charge < -0.3 is 10.1 Å². The molecule has 0 fully saturated rings. The maximum Gasteiger partial charge on any atom is 0.255 e. The zero-order chi connectivity index (χ0) is 15.4. The number of hydrogen-bond acceptors (Lipinski definition) is 2. The van der Waals surface area contributed by atoms with E-state index in [0.717, 1.165) is 4.47 Å². The van der Waals surface area contributed by atoms with Crippen LogP contribution in [0.25, 0.3) is 0 Å². The first-order valence-corrected chi connectivity index (χ1v) is 7.66. The van der Waals surface area contributed by atoms with Crippen LogP contribution in [0.15, 0.2) is 46.9 Å². The van der Waals surface area contributed by atoms with E-state index in [1.54, 1.807) is 36.4 Å². The number of anilines is 1. The fraction of sp³-hybridized carbons (Fsp3) is 0.188. The van der Waals surface area contributed by atoms with Crippen molar-refractivity contribution in [2.24, 2.45) is 0 Å². The zero-order valence-corrected chi connectivity index (χ0v) is 14.0. The lowest BCUT2D eigenvalue weighted by atomic mass is 10.2. The van der Waals surface area contributed by atoms with Gasteiger partial charge in [0.1, 0.15) is 5.75 Å². The number of benzene rings is 2. The SMILES string of the molecule is CC(C)Oc1cccc(C(=O)Nc2ccc(Cl)c(Br)c2)c1. The topological polar surface area (TPSA) is 38.3 Å². The third-order valence-electron chi connectivity index (χ3n) is 2.65. The first kappa shape index (κ1) is 15.9. The summed E-state index contributed by atoms with van der Waals surface area (Å²) in [5, 5.41) is 3.42. The molecule has 0 heterocycles. The molecule has 0 spiro atoms. The van der Waals surface area contributed by atoms with Crippen LogP contribution in [0.3, 0.4) is 0 Å². The maximum atomic E-state index is 12.2. The van der Waals surface area contributed by atoms with Crippen LogP contribution in [-0.4, -0.2) is 12.0 Å². The van der Waals surface area contributed by atoms with Crippen LogP contribution < -0.4 is 10.1 Å². The van der Waals surface area contributed by atoms with Gasteiger partial charge in [0.25, 0.3) is 5.91 Å². The molecule has 0 aliphatic heterocycles. The van der Waals surface area contributed by atoms with E-state index >= 15 is 0 Å². The van der Waals surface area contributed by atoms with Gasteiger partial charge in [0.15, 0.2) is 0 Å². The van der Waals surface area contributed by atoms with Gasteiger partial charge in [0.05, 0.1) is 11.1 Å². The molecule has 0 bridgehead atoms. The molecule has 0 radical (unpaired) electrons. The summed E-state index contributed by atoms with van der Waals surface area (Å²) >= 11 is 9.25. The molecule has 3 nitrogen and oxygen atoms in total. The molecule has 0 atom stereocenters. The normalized spacial score (nSPS) is 10.5. The van der Waals surface area contributed by atoms with E-state index in [2.05, 4.69) is 21.2 Å². The second kappa shape index (κ2) is 6.96. The lowest BCUT2D eigenvalue weighted by molar-refractivity contribution is 0.102. The van der Waals surface area contributed by atoms with Gasteiger partial charge in [-0.1, -0.05) is 17.7 Å². The zero-order valence-electron chi connectivity index (χ0n) is 11.7. The Bertz CT molecular complexity index is 658. The molecule has 0 unspecified atom stereocenters. The second-order valence-electron chi connectivity index (χ2n) is 4.78. The summed E-state index contributed by atoms with van der Waals surface area (Å²) in [5.74, 6) is 0.480. The Morgan fingerprint density at radius 3 is 2.67 bits per heavy atom. The van der Waals surface area contributed by atoms with E-state index in [0.29, 0.717) is 22.0 Å². The van der Waals surface area contributed by atoms with Crippen LogP contribution in [0.1, 0.15) is 24.2 Å². The van der Waals surface area contributed by atoms with Crippen molar-refractivity contribution in [3.8, 4) is 5.75 Å². The van der Waals surface area contributed by atoms with Crippen molar-refractivity contribution >= 4 is 39.1 Å². The molecule has 0 saturated carbocycles. The van der Waals surface area contributed by atoms with Crippen LogP contribution in [-0.2, 0) is 0 Å². The minimum absolute atomic E-state index is 0.0653. The number of ether oxygens (including phenoxy) is 1. The Balaban J connectivity index is 2.14. The number of hydrogen-bond donors (Lipinski definition) is 1. The number of carbonyl (C=O) groups is 1. The number of carbonyl (C=O) groups excluding carboxylic acids is 1. The van der Waals surface area contributed by atoms with Gasteiger partial charge in [0, 0.05) is 15.7 Å². The van der Waals surface area contributed by atoms with Gasteiger partial charge in [-0.05, 0) is 66.2 Å². The molecule has 1 N–H and O–H groups in total. The highest BCUT2D eigenvalue weighted by Gasteiger charge is 2.09. The van der Waals surface area contributed by atoms with Crippen molar-refractivity contribution in [2.45, 2.75) is 20.0 Å². The average molecular weight is 369 g/mol. The maximum absolute atomic E-state index is 12.2. The van der Waals surface area contributed by atoms with E-state index < -0.39 is 0 Å². The van der Waals surface area contributed by atoms with Crippen LogP contribution in [0, 0.1) is 0 Å².